The Morgan fingerprint density at radius 1 is 0.420 bits per heavy atom. The van der Waals surface area contributed by atoms with Crippen molar-refractivity contribution in [3.8, 4) is 23.0 Å². The van der Waals surface area contributed by atoms with Crippen LogP contribution in [0.15, 0.2) is 66.7 Å². The average Bonchev–Trinajstić information content (AvgIpc) is 3.72. The number of nitrogens with zero attached hydrogens (tertiary/aromatic N) is 5. The first-order valence-electron chi connectivity index (χ1n) is 19.8. The molecule has 3 aromatic heterocycles. The van der Waals surface area contributed by atoms with E-state index in [4.69, 9.17) is 15.0 Å². The summed E-state index contributed by atoms with van der Waals surface area (Å²) in [5.74, 6) is 1.93. The third-order valence-electron chi connectivity index (χ3n) is 9.99. The van der Waals surface area contributed by atoms with Crippen molar-refractivity contribution in [2.75, 3.05) is 0 Å². The van der Waals surface area contributed by atoms with Gasteiger partial charge in [0.2, 0.25) is 0 Å². The number of para-hydroxylation sites is 4. The number of halogens is 1. The number of unbranched alkanes of at least 4 members (excludes halogenated alkanes) is 18. The summed E-state index contributed by atoms with van der Waals surface area (Å²) in [6.07, 6.45) is 26.8. The van der Waals surface area contributed by atoms with E-state index in [1.807, 2.05) is 0 Å². The molecule has 5 rings (SSSR count). The average molecular weight is 879 g/mol. The Morgan fingerprint density at radius 2 is 0.760 bits per heavy atom. The standard InChI is InChI=1S/C43H61N5.ClH.Pt/c1-3-5-7-9-11-13-15-17-19-25-34-47-40-32-23-21-28-36(40)45-42(47)38-30-27-31-39(44-38)43-46-37-29-22-24-33-41(37)48(43)35-26-20-18-16-14-12-10-8-6-4-2;;/h21-24,27-33H,3-20,25-26,34-35H2,1-2H3;1H;/q;;+1/p-1. The van der Waals surface area contributed by atoms with Gasteiger partial charge < -0.3 is 9.13 Å². The summed E-state index contributed by atoms with van der Waals surface area (Å²) >= 11 is 1.61. The van der Waals surface area contributed by atoms with Gasteiger partial charge in [0, 0.05) is 13.1 Å². The molecule has 0 aliphatic rings. The summed E-state index contributed by atoms with van der Waals surface area (Å²) in [5.41, 5.74) is 6.33. The number of benzene rings is 2. The molecule has 0 saturated heterocycles. The number of aromatic nitrogens is 5. The molecule has 275 valence electrons. The summed E-state index contributed by atoms with van der Waals surface area (Å²) in [7, 11) is 4.61. The van der Waals surface area contributed by atoms with Gasteiger partial charge in [0.15, 0.2) is 11.6 Å². The zero-order chi connectivity index (χ0) is 35.2. The molecule has 0 spiro atoms. The third-order valence-corrected chi connectivity index (χ3v) is 9.99. The number of aryl methyl sites for hydroxylation is 2. The summed E-state index contributed by atoms with van der Waals surface area (Å²) < 4.78 is 4.80. The van der Waals surface area contributed by atoms with E-state index in [1.54, 1.807) is 18.8 Å². The molecule has 0 fully saturated rings. The number of hydrogen-bond donors (Lipinski definition) is 0. The van der Waals surface area contributed by atoms with Gasteiger partial charge in [-0.25, -0.2) is 15.0 Å². The topological polar surface area (TPSA) is 48.5 Å². The fourth-order valence-corrected chi connectivity index (χ4v) is 7.19. The van der Waals surface area contributed by atoms with Crippen LogP contribution >= 0.6 is 9.42 Å². The number of hydrogen-bond acceptors (Lipinski definition) is 3. The first kappa shape index (κ1) is 40.3. The van der Waals surface area contributed by atoms with Gasteiger partial charge in [-0.2, -0.15) is 0 Å². The molecule has 0 atom stereocenters. The molecule has 7 heteroatoms. The second-order valence-corrected chi connectivity index (χ2v) is 13.9. The molecule has 0 radical (unpaired) electrons. The molecule has 0 amide bonds. The Kier molecular flexibility index (Phi) is 19.2. The molecule has 0 bridgehead atoms. The van der Waals surface area contributed by atoms with E-state index in [2.05, 4.69) is 99.1 Å². The van der Waals surface area contributed by atoms with Crippen LogP contribution in [0.25, 0.3) is 45.1 Å². The Hall–Kier alpha value is -2.49. The molecule has 5 nitrogen and oxygen atoms in total. The number of fused-ring (bicyclic) bond motifs is 2. The van der Waals surface area contributed by atoms with Gasteiger partial charge in [0.25, 0.3) is 0 Å². The van der Waals surface area contributed by atoms with Crippen LogP contribution in [-0.2, 0) is 31.9 Å². The molecular weight excluding hydrogens is 817 g/mol. The first-order valence-corrected chi connectivity index (χ1v) is 22.6. The second-order valence-electron chi connectivity index (χ2n) is 13.9. The van der Waals surface area contributed by atoms with Crippen LogP contribution in [0, 0.1) is 0 Å². The van der Waals surface area contributed by atoms with Gasteiger partial charge in [0.05, 0.1) is 22.1 Å². The molecule has 0 aliphatic heterocycles. The predicted octanol–water partition coefficient (Wildman–Crippen LogP) is 13.6. The second kappa shape index (κ2) is 23.9. The molecule has 0 unspecified atom stereocenters. The summed E-state index contributed by atoms with van der Waals surface area (Å²) in [4.78, 5) is 15.5. The fourth-order valence-electron chi connectivity index (χ4n) is 7.19. The van der Waals surface area contributed by atoms with Crippen molar-refractivity contribution in [1.29, 1.82) is 0 Å². The normalized spacial score (nSPS) is 11.4. The van der Waals surface area contributed by atoms with E-state index in [1.165, 1.54) is 127 Å². The molecule has 0 saturated carbocycles. The van der Waals surface area contributed by atoms with Gasteiger partial charge in [0.1, 0.15) is 11.4 Å². The third kappa shape index (κ3) is 12.3. The zero-order valence-corrected chi connectivity index (χ0v) is 33.9. The summed E-state index contributed by atoms with van der Waals surface area (Å²) in [6.45, 7) is 6.52. The van der Waals surface area contributed by atoms with Gasteiger partial charge in [-0.1, -0.05) is 160 Å². The van der Waals surface area contributed by atoms with Crippen LogP contribution in [-0.4, -0.2) is 24.1 Å². The molecule has 5 aromatic rings. The SMILES string of the molecule is CCCCCCCCCCCCn1c(-c2cccc(-c3nc4ccccc4n3CCCCCCCCCCCC)n2)nc2ccccc21.[Cl][Pt]. The Morgan fingerprint density at radius 3 is 1.14 bits per heavy atom. The molecule has 2 aromatic carbocycles. The van der Waals surface area contributed by atoms with Crippen molar-refractivity contribution < 1.29 is 18.8 Å². The van der Waals surface area contributed by atoms with Gasteiger partial charge in [-0.15, -0.1) is 0 Å². The van der Waals surface area contributed by atoms with E-state index < -0.39 is 0 Å². The number of pyridine rings is 1. The van der Waals surface area contributed by atoms with Gasteiger partial charge in [-0.3, -0.25) is 0 Å². The van der Waals surface area contributed by atoms with E-state index in [0.29, 0.717) is 0 Å². The van der Waals surface area contributed by atoms with Crippen LogP contribution in [0.3, 0.4) is 0 Å². The summed E-state index contributed by atoms with van der Waals surface area (Å²) in [6, 6.07) is 23.5. The van der Waals surface area contributed by atoms with Crippen LogP contribution in [0.5, 0.6) is 0 Å². The number of rotatable bonds is 24. The minimum absolute atomic E-state index is 0.924. The first-order chi connectivity index (χ1) is 24.8. The minimum atomic E-state index is 0.924. The monoisotopic (exact) mass is 877 g/mol. The van der Waals surface area contributed by atoms with E-state index in [9.17, 15) is 0 Å². The molecule has 3 heterocycles. The van der Waals surface area contributed by atoms with Crippen molar-refractivity contribution in [3.05, 3.63) is 66.7 Å². The molecular formula is C43H61ClN5Pt. The predicted molar refractivity (Wildman–Crippen MR) is 211 cm³/mol. The van der Waals surface area contributed by atoms with E-state index in [0.717, 1.165) is 60.0 Å². The van der Waals surface area contributed by atoms with E-state index >= 15 is 0 Å². The van der Waals surface area contributed by atoms with Crippen molar-refractivity contribution in [2.24, 2.45) is 0 Å². The Labute approximate surface area is 317 Å². The fraction of sp³-hybridized carbons (Fsp3) is 0.558. The van der Waals surface area contributed by atoms with Crippen molar-refractivity contribution in [1.82, 2.24) is 24.1 Å². The van der Waals surface area contributed by atoms with Gasteiger partial charge >= 0.3 is 28.2 Å². The van der Waals surface area contributed by atoms with Crippen LogP contribution < -0.4 is 0 Å². The molecule has 50 heavy (non-hydrogen) atoms. The zero-order valence-electron chi connectivity index (χ0n) is 30.8. The Balaban J connectivity index is 0.00000276. The van der Waals surface area contributed by atoms with Crippen molar-refractivity contribution in [2.45, 2.75) is 155 Å². The van der Waals surface area contributed by atoms with E-state index in [-0.39, 0.29) is 0 Å². The molecule has 0 aliphatic carbocycles. The van der Waals surface area contributed by atoms with Crippen LogP contribution in [0.4, 0.5) is 0 Å². The maximum atomic E-state index is 5.26. The van der Waals surface area contributed by atoms with Crippen molar-refractivity contribution >= 4 is 31.5 Å². The van der Waals surface area contributed by atoms with Crippen molar-refractivity contribution in [3.63, 3.8) is 0 Å². The quantitative estimate of drug-likeness (QED) is 0.0580. The van der Waals surface area contributed by atoms with Crippen LogP contribution in [0.2, 0.25) is 0 Å². The number of imidazole rings is 2. The van der Waals surface area contributed by atoms with Crippen LogP contribution in [0.1, 0.15) is 142 Å². The molecule has 0 N–H and O–H groups in total. The Bertz CT molecular complexity index is 1530. The summed E-state index contributed by atoms with van der Waals surface area (Å²) in [5, 5.41) is 0. The maximum absolute atomic E-state index is 5.26. The van der Waals surface area contributed by atoms with Gasteiger partial charge in [-0.05, 0) is 49.2 Å².